The fraction of sp³-hybridized carbons (Fsp3) is 0.714. The highest BCUT2D eigenvalue weighted by Crippen LogP contribution is 2.17. The second-order valence-electron chi connectivity index (χ2n) is 3.24. The molecule has 0 bridgehead atoms. The molecule has 0 amide bonds. The Kier molecular flexibility index (Phi) is 2.05. The maximum Gasteiger partial charge on any atom is 0.344 e. The molecule has 1 heterocycles. The molecule has 0 saturated heterocycles. The minimum absolute atomic E-state index is 0.373. The molecule has 1 aliphatic rings. The molecule has 0 unspecified atom stereocenters. The van der Waals surface area contributed by atoms with E-state index in [1.54, 1.807) is 0 Å². The summed E-state index contributed by atoms with van der Waals surface area (Å²) in [5.74, 6) is 0. The molecule has 1 saturated carbocycles. The van der Waals surface area contributed by atoms with E-state index in [2.05, 4.69) is 15.5 Å². The van der Waals surface area contributed by atoms with Crippen molar-refractivity contribution in [1.29, 1.82) is 0 Å². The Hall–Kier alpha value is -1.30. The second-order valence-corrected chi connectivity index (χ2v) is 3.24. The van der Waals surface area contributed by atoms with Gasteiger partial charge in [-0.25, -0.2) is 24.4 Å². The summed E-state index contributed by atoms with van der Waals surface area (Å²) in [6.07, 6.45) is 2.41. The van der Waals surface area contributed by atoms with Crippen molar-refractivity contribution >= 4 is 0 Å². The smallest absolute Gasteiger partial charge is 0.312 e. The summed E-state index contributed by atoms with van der Waals surface area (Å²) in [6.45, 7) is 1.10. The van der Waals surface area contributed by atoms with Crippen LogP contribution in [0, 0.1) is 0 Å². The molecule has 0 aromatic carbocycles. The molecule has 3 N–H and O–H groups in total. The molecular weight excluding hydrogens is 172 g/mol. The highest BCUT2D eigenvalue weighted by Gasteiger charge is 2.19. The minimum atomic E-state index is -0.373. The third kappa shape index (κ3) is 1.89. The van der Waals surface area contributed by atoms with Crippen molar-refractivity contribution < 1.29 is 0 Å². The number of nitrogens with one attached hydrogen (secondary N) is 3. The molecular formula is C7H12N4O2. The first-order chi connectivity index (χ1) is 6.27. The Morgan fingerprint density at radius 2 is 1.92 bits per heavy atom. The Morgan fingerprint density at radius 1 is 1.31 bits per heavy atom. The van der Waals surface area contributed by atoms with Crippen LogP contribution in [0.15, 0.2) is 9.59 Å². The average molecular weight is 184 g/mol. The van der Waals surface area contributed by atoms with Crippen LogP contribution >= 0.6 is 0 Å². The molecule has 0 atom stereocenters. The molecule has 0 aliphatic heterocycles. The molecule has 6 nitrogen and oxygen atoms in total. The van der Waals surface area contributed by atoms with E-state index in [1.165, 1.54) is 12.8 Å². The molecule has 13 heavy (non-hydrogen) atoms. The van der Waals surface area contributed by atoms with Crippen molar-refractivity contribution in [2.24, 2.45) is 0 Å². The number of nitrogens with zero attached hydrogens (tertiary/aromatic N) is 1. The molecule has 6 heteroatoms. The van der Waals surface area contributed by atoms with Gasteiger partial charge in [0.15, 0.2) is 0 Å². The maximum absolute atomic E-state index is 11.0. The van der Waals surface area contributed by atoms with Gasteiger partial charge in [-0.15, -0.1) is 0 Å². The Bertz CT molecular complexity index is 356. The van der Waals surface area contributed by atoms with Crippen molar-refractivity contribution in [1.82, 2.24) is 20.1 Å². The van der Waals surface area contributed by atoms with Crippen LogP contribution < -0.4 is 16.7 Å². The summed E-state index contributed by atoms with van der Waals surface area (Å²) >= 11 is 0. The van der Waals surface area contributed by atoms with Gasteiger partial charge in [-0.2, -0.15) is 0 Å². The molecule has 0 radical (unpaired) electrons. The lowest BCUT2D eigenvalue weighted by atomic mass is 10.5. The lowest BCUT2D eigenvalue weighted by Gasteiger charge is -2.00. The normalized spacial score (nSPS) is 16.3. The topological polar surface area (TPSA) is 82.7 Å². The number of aromatic nitrogens is 3. The summed E-state index contributed by atoms with van der Waals surface area (Å²) in [5.41, 5.74) is -0.745. The van der Waals surface area contributed by atoms with Crippen LogP contribution in [0.1, 0.15) is 12.8 Å². The number of aromatic amines is 2. The van der Waals surface area contributed by atoms with Gasteiger partial charge in [0.2, 0.25) is 0 Å². The zero-order valence-electron chi connectivity index (χ0n) is 7.17. The van der Waals surface area contributed by atoms with E-state index >= 15 is 0 Å². The van der Waals surface area contributed by atoms with Gasteiger partial charge in [-0.05, 0) is 12.8 Å². The van der Waals surface area contributed by atoms with Crippen LogP contribution in [-0.2, 0) is 6.54 Å². The van der Waals surface area contributed by atoms with Gasteiger partial charge < -0.3 is 5.32 Å². The first-order valence-electron chi connectivity index (χ1n) is 4.38. The lowest BCUT2D eigenvalue weighted by molar-refractivity contribution is 0.573. The summed E-state index contributed by atoms with van der Waals surface area (Å²) in [6, 6.07) is 0.605. The average Bonchev–Trinajstić information content (AvgIpc) is 2.86. The monoisotopic (exact) mass is 184 g/mol. The maximum atomic E-state index is 11.0. The standard InChI is InChI=1S/C7H12N4O2/c12-6-9-10-7(13)11(6)4-3-8-5-1-2-5/h5,8H,1-4H2,(H,9,12)(H,10,13). The van der Waals surface area contributed by atoms with Crippen LogP contribution in [0.3, 0.4) is 0 Å². The zero-order chi connectivity index (χ0) is 9.26. The first-order valence-corrected chi connectivity index (χ1v) is 4.38. The molecule has 0 spiro atoms. The Morgan fingerprint density at radius 3 is 2.46 bits per heavy atom. The third-order valence-electron chi connectivity index (χ3n) is 2.11. The molecule has 72 valence electrons. The van der Waals surface area contributed by atoms with Gasteiger partial charge in [-0.3, -0.25) is 0 Å². The van der Waals surface area contributed by atoms with Crippen LogP contribution in [0.4, 0.5) is 0 Å². The predicted octanol–water partition coefficient (Wildman–Crippen LogP) is -1.38. The summed E-state index contributed by atoms with van der Waals surface area (Å²) in [7, 11) is 0. The largest absolute Gasteiger partial charge is 0.344 e. The van der Waals surface area contributed by atoms with Crippen LogP contribution in [0.2, 0.25) is 0 Å². The first kappa shape index (κ1) is 8.31. The molecule has 2 rings (SSSR count). The predicted molar refractivity (Wildman–Crippen MR) is 46.7 cm³/mol. The highest BCUT2D eigenvalue weighted by atomic mass is 16.2. The summed E-state index contributed by atoms with van der Waals surface area (Å²) in [4.78, 5) is 22.0. The Labute approximate surface area is 74.0 Å². The molecule has 1 aliphatic carbocycles. The summed E-state index contributed by atoms with van der Waals surface area (Å²) in [5, 5.41) is 7.69. The highest BCUT2D eigenvalue weighted by molar-refractivity contribution is 4.80. The summed E-state index contributed by atoms with van der Waals surface area (Å²) < 4.78 is 1.15. The van der Waals surface area contributed by atoms with Crippen LogP contribution in [0.5, 0.6) is 0 Å². The SMILES string of the molecule is O=c1[nH][nH]c(=O)n1CCNC1CC1. The number of rotatable bonds is 4. The molecule has 1 aromatic rings. The van der Waals surface area contributed by atoms with E-state index in [0.29, 0.717) is 19.1 Å². The fourth-order valence-corrected chi connectivity index (χ4v) is 1.21. The van der Waals surface area contributed by atoms with E-state index in [4.69, 9.17) is 0 Å². The fourth-order valence-electron chi connectivity index (χ4n) is 1.21. The van der Waals surface area contributed by atoms with Gasteiger partial charge in [0.25, 0.3) is 0 Å². The second kappa shape index (κ2) is 3.21. The van der Waals surface area contributed by atoms with E-state index in [-0.39, 0.29) is 11.4 Å². The molecule has 1 fully saturated rings. The minimum Gasteiger partial charge on any atom is -0.312 e. The van der Waals surface area contributed by atoms with Crippen molar-refractivity contribution in [2.45, 2.75) is 25.4 Å². The number of H-pyrrole nitrogens is 2. The zero-order valence-corrected chi connectivity index (χ0v) is 7.17. The van der Waals surface area contributed by atoms with E-state index in [9.17, 15) is 9.59 Å². The van der Waals surface area contributed by atoms with Gasteiger partial charge in [0.1, 0.15) is 0 Å². The van der Waals surface area contributed by atoms with Crippen molar-refractivity contribution in [3.05, 3.63) is 21.0 Å². The number of hydrogen-bond acceptors (Lipinski definition) is 3. The van der Waals surface area contributed by atoms with Crippen molar-refractivity contribution in [2.75, 3.05) is 6.54 Å². The van der Waals surface area contributed by atoms with E-state index in [1.807, 2.05) is 0 Å². The quantitative estimate of drug-likeness (QED) is 0.539. The van der Waals surface area contributed by atoms with Gasteiger partial charge in [-0.1, -0.05) is 0 Å². The van der Waals surface area contributed by atoms with Gasteiger partial charge >= 0.3 is 11.4 Å². The lowest BCUT2D eigenvalue weighted by Crippen LogP contribution is -2.32. The molecule has 1 aromatic heterocycles. The number of hydrogen-bond donors (Lipinski definition) is 3. The van der Waals surface area contributed by atoms with Gasteiger partial charge in [0, 0.05) is 19.1 Å². The van der Waals surface area contributed by atoms with E-state index in [0.717, 1.165) is 4.57 Å². The third-order valence-corrected chi connectivity index (χ3v) is 2.11. The van der Waals surface area contributed by atoms with Crippen molar-refractivity contribution in [3.63, 3.8) is 0 Å². The van der Waals surface area contributed by atoms with Crippen LogP contribution in [0.25, 0.3) is 0 Å². The Balaban J connectivity index is 1.92. The van der Waals surface area contributed by atoms with Crippen molar-refractivity contribution in [3.8, 4) is 0 Å². The van der Waals surface area contributed by atoms with Gasteiger partial charge in [0.05, 0.1) is 0 Å². The van der Waals surface area contributed by atoms with E-state index < -0.39 is 0 Å². The van der Waals surface area contributed by atoms with Crippen LogP contribution in [-0.4, -0.2) is 27.4 Å².